The van der Waals surface area contributed by atoms with Crippen LogP contribution in [0.4, 0.5) is 5.69 Å². The van der Waals surface area contributed by atoms with Gasteiger partial charge in [0.25, 0.3) is 0 Å². The SMILES string of the molecule is Cn1cc([N+](=O)[O-])c(Sc2ccc(CC(=O)O)cc2)n1. The summed E-state index contributed by atoms with van der Waals surface area (Å²) in [6.45, 7) is 0. The van der Waals surface area contributed by atoms with E-state index in [-0.39, 0.29) is 12.1 Å². The van der Waals surface area contributed by atoms with Gasteiger partial charge in [-0.25, -0.2) is 0 Å². The third-order valence-electron chi connectivity index (χ3n) is 2.47. The van der Waals surface area contributed by atoms with Gasteiger partial charge in [0, 0.05) is 11.9 Å². The number of carboxylic acids is 1. The van der Waals surface area contributed by atoms with Gasteiger partial charge < -0.3 is 5.11 Å². The number of aliphatic carboxylic acids is 1. The first-order valence-corrected chi connectivity index (χ1v) is 6.44. The molecule has 0 aliphatic heterocycles. The van der Waals surface area contributed by atoms with Crippen LogP contribution in [0.15, 0.2) is 40.4 Å². The minimum atomic E-state index is -0.897. The van der Waals surface area contributed by atoms with Crippen LogP contribution < -0.4 is 0 Å². The second-order valence-corrected chi connectivity index (χ2v) is 5.13. The van der Waals surface area contributed by atoms with Crippen LogP contribution in [0.2, 0.25) is 0 Å². The minimum Gasteiger partial charge on any atom is -0.481 e. The minimum absolute atomic E-state index is 0.0469. The molecule has 1 heterocycles. The molecule has 104 valence electrons. The van der Waals surface area contributed by atoms with Crippen LogP contribution in [0.3, 0.4) is 0 Å². The first kappa shape index (κ1) is 14.1. The van der Waals surface area contributed by atoms with E-state index in [0.717, 1.165) is 4.90 Å². The smallest absolute Gasteiger partial charge is 0.321 e. The van der Waals surface area contributed by atoms with E-state index in [0.29, 0.717) is 10.6 Å². The molecule has 1 N–H and O–H groups in total. The molecular formula is C12H11N3O4S. The number of rotatable bonds is 5. The Balaban J connectivity index is 2.18. The van der Waals surface area contributed by atoms with E-state index in [1.165, 1.54) is 22.6 Å². The van der Waals surface area contributed by atoms with Crippen molar-refractivity contribution in [2.45, 2.75) is 16.3 Å². The van der Waals surface area contributed by atoms with Crippen LogP contribution in [0.25, 0.3) is 0 Å². The molecule has 1 aromatic carbocycles. The zero-order chi connectivity index (χ0) is 14.7. The van der Waals surface area contributed by atoms with Crippen molar-refractivity contribution < 1.29 is 14.8 Å². The largest absolute Gasteiger partial charge is 0.481 e. The van der Waals surface area contributed by atoms with Gasteiger partial charge in [0.05, 0.1) is 11.3 Å². The van der Waals surface area contributed by atoms with Crippen molar-refractivity contribution in [2.75, 3.05) is 0 Å². The lowest BCUT2D eigenvalue weighted by atomic mass is 10.2. The number of carbonyl (C=O) groups is 1. The summed E-state index contributed by atoms with van der Waals surface area (Å²) in [7, 11) is 1.62. The Kier molecular flexibility index (Phi) is 4.04. The Labute approximate surface area is 118 Å². The second-order valence-electron chi connectivity index (χ2n) is 4.07. The molecule has 0 amide bonds. The molecule has 2 rings (SSSR count). The van der Waals surface area contributed by atoms with Gasteiger partial charge in [0.1, 0.15) is 6.20 Å². The summed E-state index contributed by atoms with van der Waals surface area (Å²) in [5, 5.41) is 23.9. The van der Waals surface area contributed by atoms with Crippen LogP contribution in [0, 0.1) is 10.1 Å². The highest BCUT2D eigenvalue weighted by Gasteiger charge is 2.19. The van der Waals surface area contributed by atoms with Gasteiger partial charge in [-0.3, -0.25) is 19.6 Å². The second kappa shape index (κ2) is 5.74. The third-order valence-corrected chi connectivity index (χ3v) is 3.46. The van der Waals surface area contributed by atoms with Crippen molar-refractivity contribution in [1.82, 2.24) is 9.78 Å². The first-order valence-electron chi connectivity index (χ1n) is 5.62. The van der Waals surface area contributed by atoms with Crippen LogP contribution in [-0.4, -0.2) is 25.8 Å². The molecule has 0 radical (unpaired) electrons. The van der Waals surface area contributed by atoms with E-state index < -0.39 is 10.9 Å². The Hall–Kier alpha value is -2.35. The fourth-order valence-corrected chi connectivity index (χ4v) is 2.51. The molecule has 20 heavy (non-hydrogen) atoms. The zero-order valence-electron chi connectivity index (χ0n) is 10.5. The number of nitro groups is 1. The number of nitrogens with zero attached hydrogens (tertiary/aromatic N) is 3. The molecule has 2 aromatic rings. The van der Waals surface area contributed by atoms with Gasteiger partial charge in [0.2, 0.25) is 5.03 Å². The number of hydrogen-bond acceptors (Lipinski definition) is 5. The lowest BCUT2D eigenvalue weighted by Crippen LogP contribution is -1.99. The van der Waals surface area contributed by atoms with Gasteiger partial charge in [-0.15, -0.1) is 0 Å². The quantitative estimate of drug-likeness (QED) is 0.669. The average molecular weight is 293 g/mol. The molecule has 0 aliphatic carbocycles. The predicted octanol–water partition coefficient (Wildman–Crippen LogP) is 2.11. The van der Waals surface area contributed by atoms with E-state index in [1.807, 2.05) is 0 Å². The van der Waals surface area contributed by atoms with Crippen molar-refractivity contribution >= 4 is 23.4 Å². The molecule has 0 unspecified atom stereocenters. The molecule has 0 spiro atoms. The summed E-state index contributed by atoms with van der Waals surface area (Å²) < 4.78 is 1.39. The summed E-state index contributed by atoms with van der Waals surface area (Å²) in [5.41, 5.74) is 0.629. The van der Waals surface area contributed by atoms with E-state index in [1.54, 1.807) is 31.3 Å². The number of hydrogen-bond donors (Lipinski definition) is 1. The number of aryl methyl sites for hydroxylation is 1. The summed E-state index contributed by atoms with van der Waals surface area (Å²) in [4.78, 5) is 21.7. The van der Waals surface area contributed by atoms with Crippen molar-refractivity contribution in [1.29, 1.82) is 0 Å². The fraction of sp³-hybridized carbons (Fsp3) is 0.167. The van der Waals surface area contributed by atoms with E-state index in [2.05, 4.69) is 5.10 Å². The normalized spacial score (nSPS) is 10.4. The molecule has 8 heteroatoms. The Morgan fingerprint density at radius 3 is 2.65 bits per heavy atom. The summed E-state index contributed by atoms with van der Waals surface area (Å²) >= 11 is 1.17. The Morgan fingerprint density at radius 1 is 1.45 bits per heavy atom. The number of aromatic nitrogens is 2. The standard InChI is InChI=1S/C12H11N3O4S/c1-14-7-10(15(18)19)12(13-14)20-9-4-2-8(3-5-9)6-11(16)17/h2-5,7H,6H2,1H3,(H,16,17). The molecule has 0 bridgehead atoms. The van der Waals surface area contributed by atoms with Crippen LogP contribution in [-0.2, 0) is 18.3 Å². The summed E-state index contributed by atoms with van der Waals surface area (Å²) in [5.74, 6) is -0.897. The van der Waals surface area contributed by atoms with Gasteiger partial charge in [0.15, 0.2) is 0 Å². The average Bonchev–Trinajstić information content (AvgIpc) is 2.72. The van der Waals surface area contributed by atoms with Crippen molar-refractivity contribution in [3.63, 3.8) is 0 Å². The van der Waals surface area contributed by atoms with E-state index in [9.17, 15) is 14.9 Å². The van der Waals surface area contributed by atoms with Gasteiger partial charge in [-0.2, -0.15) is 5.10 Å². The maximum absolute atomic E-state index is 10.9. The van der Waals surface area contributed by atoms with E-state index in [4.69, 9.17) is 5.11 Å². The van der Waals surface area contributed by atoms with Crippen LogP contribution >= 0.6 is 11.8 Å². The molecule has 0 atom stereocenters. The van der Waals surface area contributed by atoms with Gasteiger partial charge >= 0.3 is 11.7 Å². The zero-order valence-corrected chi connectivity index (χ0v) is 11.3. The fourth-order valence-electron chi connectivity index (χ4n) is 1.62. The molecular weight excluding hydrogens is 282 g/mol. The molecule has 0 fully saturated rings. The molecule has 7 nitrogen and oxygen atoms in total. The predicted molar refractivity (Wildman–Crippen MR) is 71.8 cm³/mol. The lowest BCUT2D eigenvalue weighted by molar-refractivity contribution is -0.387. The highest BCUT2D eigenvalue weighted by atomic mass is 32.2. The van der Waals surface area contributed by atoms with Crippen LogP contribution in [0.1, 0.15) is 5.56 Å². The highest BCUT2D eigenvalue weighted by Crippen LogP contribution is 2.33. The Morgan fingerprint density at radius 2 is 2.10 bits per heavy atom. The first-order chi connectivity index (χ1) is 9.45. The Bertz CT molecular complexity index is 651. The maximum Gasteiger partial charge on any atom is 0.321 e. The van der Waals surface area contributed by atoms with Crippen molar-refractivity contribution in [2.24, 2.45) is 7.05 Å². The van der Waals surface area contributed by atoms with Crippen LogP contribution in [0.5, 0.6) is 0 Å². The van der Waals surface area contributed by atoms with Crippen molar-refractivity contribution in [3.8, 4) is 0 Å². The molecule has 1 aromatic heterocycles. The number of carboxylic acid groups (broad SMARTS) is 1. The van der Waals surface area contributed by atoms with Crippen molar-refractivity contribution in [3.05, 3.63) is 46.1 Å². The van der Waals surface area contributed by atoms with E-state index >= 15 is 0 Å². The topological polar surface area (TPSA) is 98.3 Å². The van der Waals surface area contributed by atoms with Gasteiger partial charge in [-0.05, 0) is 17.7 Å². The number of benzene rings is 1. The lowest BCUT2D eigenvalue weighted by Gasteiger charge is -2.00. The monoisotopic (exact) mass is 293 g/mol. The summed E-state index contributed by atoms with van der Waals surface area (Å²) in [6, 6.07) is 6.82. The highest BCUT2D eigenvalue weighted by molar-refractivity contribution is 7.99. The maximum atomic E-state index is 10.9. The molecule has 0 saturated carbocycles. The molecule has 0 saturated heterocycles. The third kappa shape index (κ3) is 3.35. The molecule has 0 aliphatic rings. The summed E-state index contributed by atoms with van der Waals surface area (Å²) in [6.07, 6.45) is 1.30. The van der Waals surface area contributed by atoms with Gasteiger partial charge in [-0.1, -0.05) is 23.9 Å².